The normalized spacial score (nSPS) is 10.9. The molecule has 0 unspecified atom stereocenters. The molecule has 26 heavy (non-hydrogen) atoms. The van der Waals surface area contributed by atoms with Gasteiger partial charge in [-0.05, 0) is 55.0 Å². The summed E-state index contributed by atoms with van der Waals surface area (Å²) < 4.78 is 13.4. The Morgan fingerprint density at radius 3 is 2.27 bits per heavy atom. The third-order valence-electron chi connectivity index (χ3n) is 4.66. The average molecular weight is 342 g/mol. The molecule has 0 saturated carbocycles. The molecular weight excluding hydrogens is 323 g/mol. The SMILES string of the molecule is Cc1ccccc1N(C)c1cc2ccccc2nc1-c1ccc(F)cc1. The minimum absolute atomic E-state index is 0.247. The molecular formula is C23H19FN2. The van der Waals surface area contributed by atoms with E-state index in [4.69, 9.17) is 4.98 Å². The molecule has 4 aromatic rings. The number of hydrogen-bond acceptors (Lipinski definition) is 2. The van der Waals surface area contributed by atoms with E-state index in [0.717, 1.165) is 33.5 Å². The standard InChI is InChI=1S/C23H19FN2/c1-16-7-3-6-10-21(16)26(2)22-15-18-8-4-5-9-20(18)25-23(22)17-11-13-19(24)14-12-17/h3-15H,1-2H3. The fourth-order valence-corrected chi connectivity index (χ4v) is 3.25. The molecule has 0 fully saturated rings. The summed E-state index contributed by atoms with van der Waals surface area (Å²) in [6.45, 7) is 2.10. The molecule has 0 radical (unpaired) electrons. The Bertz CT molecular complexity index is 1070. The van der Waals surface area contributed by atoms with Crippen LogP contribution in [0.15, 0.2) is 78.9 Å². The van der Waals surface area contributed by atoms with Gasteiger partial charge >= 0.3 is 0 Å². The molecule has 3 heteroatoms. The van der Waals surface area contributed by atoms with Crippen LogP contribution in [0.1, 0.15) is 5.56 Å². The molecule has 0 amide bonds. The van der Waals surface area contributed by atoms with Crippen LogP contribution in [0.2, 0.25) is 0 Å². The van der Waals surface area contributed by atoms with Gasteiger partial charge in [-0.2, -0.15) is 0 Å². The van der Waals surface area contributed by atoms with Crippen LogP contribution in [0.3, 0.4) is 0 Å². The molecule has 0 aliphatic carbocycles. The lowest BCUT2D eigenvalue weighted by Crippen LogP contribution is -2.12. The summed E-state index contributed by atoms with van der Waals surface area (Å²) in [5.74, 6) is -0.247. The minimum Gasteiger partial charge on any atom is -0.343 e. The van der Waals surface area contributed by atoms with E-state index in [2.05, 4.69) is 36.1 Å². The van der Waals surface area contributed by atoms with Gasteiger partial charge in [-0.15, -0.1) is 0 Å². The lowest BCUT2D eigenvalue weighted by molar-refractivity contribution is 0.628. The van der Waals surface area contributed by atoms with Crippen molar-refractivity contribution in [3.63, 3.8) is 0 Å². The van der Waals surface area contributed by atoms with Gasteiger partial charge in [0.05, 0.1) is 16.9 Å². The molecule has 1 aromatic heterocycles. The molecule has 0 atom stereocenters. The Kier molecular flexibility index (Phi) is 4.13. The first-order valence-corrected chi connectivity index (χ1v) is 8.58. The van der Waals surface area contributed by atoms with Crippen molar-refractivity contribution in [1.82, 2.24) is 4.98 Å². The highest BCUT2D eigenvalue weighted by molar-refractivity contribution is 5.91. The van der Waals surface area contributed by atoms with Crippen LogP contribution in [0.25, 0.3) is 22.2 Å². The number of para-hydroxylation sites is 2. The Hall–Kier alpha value is -3.20. The number of nitrogens with zero attached hydrogens (tertiary/aromatic N) is 2. The van der Waals surface area contributed by atoms with Gasteiger partial charge in [0, 0.05) is 23.7 Å². The van der Waals surface area contributed by atoms with E-state index in [1.54, 1.807) is 12.1 Å². The highest BCUT2D eigenvalue weighted by Crippen LogP contribution is 2.36. The van der Waals surface area contributed by atoms with Crippen LogP contribution in [0, 0.1) is 12.7 Å². The maximum Gasteiger partial charge on any atom is 0.123 e. The van der Waals surface area contributed by atoms with Crippen molar-refractivity contribution in [2.24, 2.45) is 0 Å². The van der Waals surface area contributed by atoms with Crippen molar-refractivity contribution in [1.29, 1.82) is 0 Å². The number of fused-ring (bicyclic) bond motifs is 1. The van der Waals surface area contributed by atoms with E-state index in [9.17, 15) is 4.39 Å². The summed E-state index contributed by atoms with van der Waals surface area (Å²) >= 11 is 0. The molecule has 3 aromatic carbocycles. The van der Waals surface area contributed by atoms with Gasteiger partial charge in [-0.25, -0.2) is 9.37 Å². The van der Waals surface area contributed by atoms with E-state index in [0.29, 0.717) is 0 Å². The summed E-state index contributed by atoms with van der Waals surface area (Å²) in [6, 6.07) is 25.0. The van der Waals surface area contributed by atoms with Crippen LogP contribution in [0.4, 0.5) is 15.8 Å². The largest absolute Gasteiger partial charge is 0.343 e. The van der Waals surface area contributed by atoms with E-state index < -0.39 is 0 Å². The maximum absolute atomic E-state index is 13.4. The lowest BCUT2D eigenvalue weighted by atomic mass is 10.1. The third-order valence-corrected chi connectivity index (χ3v) is 4.66. The topological polar surface area (TPSA) is 16.1 Å². The number of aromatic nitrogens is 1. The van der Waals surface area contributed by atoms with Crippen molar-refractivity contribution < 1.29 is 4.39 Å². The predicted octanol–water partition coefficient (Wildman–Crippen LogP) is 6.12. The van der Waals surface area contributed by atoms with Gasteiger partial charge in [0.1, 0.15) is 5.82 Å². The Morgan fingerprint density at radius 1 is 0.808 bits per heavy atom. The molecule has 0 spiro atoms. The second kappa shape index (κ2) is 6.60. The van der Waals surface area contributed by atoms with Gasteiger partial charge in [0.25, 0.3) is 0 Å². The monoisotopic (exact) mass is 342 g/mol. The van der Waals surface area contributed by atoms with E-state index >= 15 is 0 Å². The molecule has 0 aliphatic rings. The molecule has 128 valence electrons. The van der Waals surface area contributed by atoms with E-state index in [-0.39, 0.29) is 5.82 Å². The van der Waals surface area contributed by atoms with Crippen molar-refractivity contribution in [3.05, 3.63) is 90.2 Å². The quantitative estimate of drug-likeness (QED) is 0.446. The molecule has 1 heterocycles. The fourth-order valence-electron chi connectivity index (χ4n) is 3.25. The zero-order valence-corrected chi connectivity index (χ0v) is 14.8. The molecule has 0 saturated heterocycles. The van der Waals surface area contributed by atoms with Gasteiger partial charge in [-0.1, -0.05) is 36.4 Å². The van der Waals surface area contributed by atoms with Crippen molar-refractivity contribution >= 4 is 22.3 Å². The number of anilines is 2. The number of halogens is 1. The number of pyridine rings is 1. The fraction of sp³-hybridized carbons (Fsp3) is 0.0870. The van der Waals surface area contributed by atoms with E-state index in [1.165, 1.54) is 17.7 Å². The first-order chi connectivity index (χ1) is 12.6. The maximum atomic E-state index is 13.4. The van der Waals surface area contributed by atoms with Crippen molar-refractivity contribution in [2.45, 2.75) is 6.92 Å². The van der Waals surface area contributed by atoms with Crippen molar-refractivity contribution in [3.8, 4) is 11.3 Å². The summed E-state index contributed by atoms with van der Waals surface area (Å²) in [5, 5.41) is 1.08. The molecule has 2 nitrogen and oxygen atoms in total. The van der Waals surface area contributed by atoms with Crippen molar-refractivity contribution in [2.75, 3.05) is 11.9 Å². The molecule has 4 rings (SSSR count). The molecule has 0 bridgehead atoms. The minimum atomic E-state index is -0.247. The van der Waals surface area contributed by atoms with Crippen LogP contribution in [0.5, 0.6) is 0 Å². The zero-order chi connectivity index (χ0) is 18.1. The van der Waals surface area contributed by atoms with Crippen LogP contribution in [-0.4, -0.2) is 12.0 Å². The van der Waals surface area contributed by atoms with E-state index in [1.807, 2.05) is 37.4 Å². The Labute approximate surface area is 152 Å². The average Bonchev–Trinajstić information content (AvgIpc) is 2.67. The smallest absolute Gasteiger partial charge is 0.123 e. The Morgan fingerprint density at radius 2 is 1.50 bits per heavy atom. The van der Waals surface area contributed by atoms with Crippen LogP contribution < -0.4 is 4.90 Å². The molecule has 0 aliphatic heterocycles. The zero-order valence-electron chi connectivity index (χ0n) is 14.8. The highest BCUT2D eigenvalue weighted by atomic mass is 19.1. The lowest BCUT2D eigenvalue weighted by Gasteiger charge is -2.24. The molecule has 0 N–H and O–H groups in total. The summed E-state index contributed by atoms with van der Waals surface area (Å²) in [6.07, 6.45) is 0. The van der Waals surface area contributed by atoms with Gasteiger partial charge in [-0.3, -0.25) is 0 Å². The second-order valence-electron chi connectivity index (χ2n) is 6.40. The first kappa shape index (κ1) is 16.3. The summed E-state index contributed by atoms with van der Waals surface area (Å²) in [5.41, 5.74) is 5.96. The Balaban J connectivity index is 1.95. The second-order valence-corrected chi connectivity index (χ2v) is 6.40. The van der Waals surface area contributed by atoms with Gasteiger partial charge < -0.3 is 4.90 Å². The predicted molar refractivity (Wildman–Crippen MR) is 106 cm³/mol. The summed E-state index contributed by atoms with van der Waals surface area (Å²) in [4.78, 5) is 7.03. The third kappa shape index (κ3) is 2.92. The highest BCUT2D eigenvalue weighted by Gasteiger charge is 2.15. The summed E-state index contributed by atoms with van der Waals surface area (Å²) in [7, 11) is 2.04. The van der Waals surface area contributed by atoms with Crippen LogP contribution in [-0.2, 0) is 0 Å². The van der Waals surface area contributed by atoms with Gasteiger partial charge in [0.2, 0.25) is 0 Å². The van der Waals surface area contributed by atoms with Crippen LogP contribution >= 0.6 is 0 Å². The van der Waals surface area contributed by atoms with Gasteiger partial charge in [0.15, 0.2) is 0 Å². The number of hydrogen-bond donors (Lipinski definition) is 0. The number of rotatable bonds is 3. The number of benzene rings is 3. The number of aryl methyl sites for hydroxylation is 1. The first-order valence-electron chi connectivity index (χ1n) is 8.58.